The number of carbonyl (C=O) groups is 1. The highest BCUT2D eigenvalue weighted by Crippen LogP contribution is 2.16. The second-order valence-electron chi connectivity index (χ2n) is 7.35. The average Bonchev–Trinajstić information content (AvgIpc) is 2.72. The average molecular weight is 396 g/mol. The van der Waals surface area contributed by atoms with Gasteiger partial charge in [0.25, 0.3) is 0 Å². The number of aliphatic hydroxyl groups is 1. The topological polar surface area (TPSA) is 72.5 Å². The van der Waals surface area contributed by atoms with Gasteiger partial charge in [-0.2, -0.15) is 0 Å². The quantitative estimate of drug-likeness (QED) is 0.150. The van der Waals surface area contributed by atoms with Crippen molar-refractivity contribution < 1.29 is 14.6 Å². The number of Topliss-reactive ketones (excluding diaryl/α,β-unsaturated/α-hetero) is 1. The van der Waals surface area contributed by atoms with Gasteiger partial charge in [-0.3, -0.25) is 4.79 Å². The predicted octanol–water partition coefficient (Wildman–Crippen LogP) is 5.70. The number of nitrogens with two attached hydrogens (primary N) is 1. The van der Waals surface area contributed by atoms with Gasteiger partial charge >= 0.3 is 0 Å². The number of rotatable bonds is 13. The summed E-state index contributed by atoms with van der Waals surface area (Å²) in [6, 6.07) is 14.6. The number of hydrogen-bond donors (Lipinski definition) is 2. The molecule has 29 heavy (non-hydrogen) atoms. The van der Waals surface area contributed by atoms with E-state index in [2.05, 4.69) is 6.92 Å². The number of benzene rings is 2. The summed E-state index contributed by atoms with van der Waals surface area (Å²) < 4.78 is 5.48. The predicted molar refractivity (Wildman–Crippen MR) is 119 cm³/mol. The molecule has 0 aliphatic carbocycles. The molecule has 0 fully saturated rings. The lowest BCUT2D eigenvalue weighted by Gasteiger charge is -2.10. The van der Waals surface area contributed by atoms with Crippen LogP contribution in [-0.2, 0) is 6.42 Å². The van der Waals surface area contributed by atoms with Crippen LogP contribution in [0.1, 0.15) is 67.8 Å². The zero-order valence-corrected chi connectivity index (χ0v) is 17.3. The Labute approximate surface area is 174 Å². The van der Waals surface area contributed by atoms with E-state index in [0.717, 1.165) is 6.42 Å². The Balaban J connectivity index is 1.70. The van der Waals surface area contributed by atoms with Crippen molar-refractivity contribution in [2.75, 3.05) is 5.73 Å². The number of ketones is 1. The number of anilines is 1. The molecule has 2 rings (SSSR count). The van der Waals surface area contributed by atoms with E-state index in [4.69, 9.17) is 10.5 Å². The Morgan fingerprint density at radius 1 is 1.00 bits per heavy atom. The second-order valence-corrected chi connectivity index (χ2v) is 7.35. The van der Waals surface area contributed by atoms with Crippen LogP contribution >= 0.6 is 0 Å². The fourth-order valence-corrected chi connectivity index (χ4v) is 3.10. The van der Waals surface area contributed by atoms with Gasteiger partial charge in [-0.15, -0.1) is 0 Å². The summed E-state index contributed by atoms with van der Waals surface area (Å²) in [5.74, 6) is 0.575. The van der Waals surface area contributed by atoms with Crippen LogP contribution in [0.5, 0.6) is 5.75 Å². The third-order valence-electron chi connectivity index (χ3n) is 4.84. The van der Waals surface area contributed by atoms with Gasteiger partial charge in [-0.25, -0.2) is 0 Å². The van der Waals surface area contributed by atoms with Gasteiger partial charge in [0.05, 0.1) is 0 Å². The van der Waals surface area contributed by atoms with Crippen LogP contribution in [-0.4, -0.2) is 17.2 Å². The van der Waals surface area contributed by atoms with E-state index in [1.54, 1.807) is 30.3 Å². The third kappa shape index (κ3) is 8.97. The molecule has 0 amide bonds. The molecule has 0 radical (unpaired) electrons. The molecule has 0 saturated heterocycles. The first-order valence-electron chi connectivity index (χ1n) is 10.6. The number of aliphatic hydroxyl groups excluding tert-OH is 1. The highest BCUT2D eigenvalue weighted by atomic mass is 16.6. The fraction of sp³-hybridized carbons (Fsp3) is 0.400. The molecule has 4 nitrogen and oxygen atoms in total. The molecule has 0 saturated carbocycles. The van der Waals surface area contributed by atoms with Crippen molar-refractivity contribution in [2.45, 2.75) is 64.6 Å². The Hall–Kier alpha value is -2.59. The van der Waals surface area contributed by atoms with Crippen molar-refractivity contribution in [3.8, 4) is 5.75 Å². The van der Waals surface area contributed by atoms with Crippen molar-refractivity contribution in [3.05, 3.63) is 71.8 Å². The number of hydrogen-bond acceptors (Lipinski definition) is 4. The van der Waals surface area contributed by atoms with Crippen molar-refractivity contribution in [1.82, 2.24) is 0 Å². The lowest BCUT2D eigenvalue weighted by Crippen LogP contribution is -2.12. The smallest absolute Gasteiger partial charge is 0.217 e. The first-order chi connectivity index (χ1) is 14.1. The molecule has 156 valence electrons. The SMILES string of the molecule is CCCCCCCCc1ccc(OC(O)C=CCC(=O)c2ccc(N)cc2)cc1. The van der Waals surface area contributed by atoms with Gasteiger partial charge in [0.2, 0.25) is 6.29 Å². The van der Waals surface area contributed by atoms with E-state index >= 15 is 0 Å². The van der Waals surface area contributed by atoms with Crippen LogP contribution in [0.15, 0.2) is 60.7 Å². The molecule has 0 aromatic heterocycles. The number of ether oxygens (including phenoxy) is 1. The van der Waals surface area contributed by atoms with Crippen molar-refractivity contribution in [1.29, 1.82) is 0 Å². The minimum Gasteiger partial charge on any atom is -0.461 e. The summed E-state index contributed by atoms with van der Waals surface area (Å²) in [7, 11) is 0. The molecule has 0 aliphatic heterocycles. The minimum absolute atomic E-state index is 0.0347. The van der Waals surface area contributed by atoms with E-state index in [0.29, 0.717) is 17.0 Å². The highest BCUT2D eigenvalue weighted by Gasteiger charge is 2.05. The third-order valence-corrected chi connectivity index (χ3v) is 4.84. The van der Waals surface area contributed by atoms with E-state index in [1.807, 2.05) is 24.3 Å². The Morgan fingerprint density at radius 2 is 1.66 bits per heavy atom. The fourth-order valence-electron chi connectivity index (χ4n) is 3.10. The first-order valence-corrected chi connectivity index (χ1v) is 10.6. The largest absolute Gasteiger partial charge is 0.461 e. The number of allylic oxidation sites excluding steroid dienone is 1. The maximum Gasteiger partial charge on any atom is 0.217 e. The molecular weight excluding hydrogens is 362 g/mol. The number of nitrogen functional groups attached to an aromatic ring is 1. The van der Waals surface area contributed by atoms with Gasteiger partial charge < -0.3 is 15.6 Å². The Morgan fingerprint density at radius 3 is 2.34 bits per heavy atom. The normalized spacial score (nSPS) is 12.2. The van der Waals surface area contributed by atoms with E-state index in [-0.39, 0.29) is 12.2 Å². The number of aryl methyl sites for hydroxylation is 1. The maximum atomic E-state index is 12.1. The summed E-state index contributed by atoms with van der Waals surface area (Å²) in [5, 5.41) is 10.00. The zero-order chi connectivity index (χ0) is 20.9. The summed E-state index contributed by atoms with van der Waals surface area (Å²) in [5.41, 5.74) is 8.13. The lowest BCUT2D eigenvalue weighted by atomic mass is 10.0. The summed E-state index contributed by atoms with van der Waals surface area (Å²) in [6.07, 6.45) is 11.0. The second kappa shape index (κ2) is 12.8. The zero-order valence-electron chi connectivity index (χ0n) is 17.3. The van der Waals surface area contributed by atoms with Gasteiger partial charge in [-0.1, -0.05) is 57.2 Å². The summed E-state index contributed by atoms with van der Waals surface area (Å²) in [4.78, 5) is 12.1. The molecule has 2 aromatic rings. The number of unbranched alkanes of at least 4 members (excludes halogenated alkanes) is 5. The van der Waals surface area contributed by atoms with E-state index < -0.39 is 6.29 Å². The molecule has 4 heteroatoms. The highest BCUT2D eigenvalue weighted by molar-refractivity contribution is 5.97. The molecule has 3 N–H and O–H groups in total. The monoisotopic (exact) mass is 395 g/mol. The Kier molecular flexibility index (Phi) is 10.0. The van der Waals surface area contributed by atoms with Crippen molar-refractivity contribution in [2.24, 2.45) is 0 Å². The van der Waals surface area contributed by atoms with Crippen LogP contribution < -0.4 is 10.5 Å². The standard InChI is InChI=1S/C25H33NO3/c1-2-3-4-5-6-7-9-20-12-18-23(19-13-20)29-25(28)11-8-10-24(27)21-14-16-22(26)17-15-21/h8,11-19,25,28H,2-7,9-10,26H2,1H3. The maximum absolute atomic E-state index is 12.1. The molecule has 0 bridgehead atoms. The molecule has 0 spiro atoms. The van der Waals surface area contributed by atoms with Crippen LogP contribution in [0.4, 0.5) is 5.69 Å². The van der Waals surface area contributed by atoms with Gasteiger partial charge in [0.1, 0.15) is 5.75 Å². The van der Waals surface area contributed by atoms with E-state index in [9.17, 15) is 9.90 Å². The summed E-state index contributed by atoms with van der Waals surface area (Å²) in [6.45, 7) is 2.23. The molecule has 1 atom stereocenters. The van der Waals surface area contributed by atoms with Crippen LogP contribution in [0.25, 0.3) is 0 Å². The van der Waals surface area contributed by atoms with Crippen LogP contribution in [0.2, 0.25) is 0 Å². The van der Waals surface area contributed by atoms with Crippen molar-refractivity contribution >= 4 is 11.5 Å². The van der Waals surface area contributed by atoms with E-state index in [1.165, 1.54) is 50.2 Å². The molecule has 0 heterocycles. The number of carbonyl (C=O) groups excluding carboxylic acids is 1. The van der Waals surface area contributed by atoms with Gasteiger partial charge in [0, 0.05) is 17.7 Å². The Bertz CT molecular complexity index is 751. The van der Waals surface area contributed by atoms with Crippen LogP contribution in [0, 0.1) is 0 Å². The van der Waals surface area contributed by atoms with Gasteiger partial charge in [0.15, 0.2) is 5.78 Å². The minimum atomic E-state index is -1.08. The van der Waals surface area contributed by atoms with Crippen molar-refractivity contribution in [3.63, 3.8) is 0 Å². The first kappa shape index (κ1) is 22.7. The van der Waals surface area contributed by atoms with Crippen LogP contribution in [0.3, 0.4) is 0 Å². The van der Waals surface area contributed by atoms with Gasteiger partial charge in [-0.05, 0) is 60.9 Å². The molecule has 2 aromatic carbocycles. The molecular formula is C25H33NO3. The lowest BCUT2D eigenvalue weighted by molar-refractivity contribution is 0.0246. The molecule has 0 aliphatic rings. The molecule has 1 unspecified atom stereocenters. The summed E-state index contributed by atoms with van der Waals surface area (Å²) >= 11 is 0.